The van der Waals surface area contributed by atoms with Crippen molar-refractivity contribution in [2.45, 2.75) is 134 Å². The number of unbranched alkanes of at least 4 members (excludes halogenated alkanes) is 14. The summed E-state index contributed by atoms with van der Waals surface area (Å²) in [5, 5.41) is 28.9. The molecule has 5 N–H and O–H groups in total. The van der Waals surface area contributed by atoms with Crippen LogP contribution in [0, 0.1) is 0 Å². The van der Waals surface area contributed by atoms with E-state index in [-0.39, 0.29) is 6.61 Å². The van der Waals surface area contributed by atoms with E-state index in [0.29, 0.717) is 6.61 Å². The molecule has 5 atom stereocenters. The smallest absolute Gasteiger partial charge is 0.175 e. The number of aliphatic hydroxyl groups is 3. The molecule has 29 heavy (non-hydrogen) atoms. The van der Waals surface area contributed by atoms with Gasteiger partial charge >= 0.3 is 0 Å². The SMILES string of the molecule is CCCCCCCCCCCCCCCCCO[C@@H]1OC(CO)[C@H](O)C(O)C1N. The number of hydrogen-bond acceptors (Lipinski definition) is 6. The van der Waals surface area contributed by atoms with Crippen molar-refractivity contribution in [1.29, 1.82) is 0 Å². The van der Waals surface area contributed by atoms with Gasteiger partial charge in [0.2, 0.25) is 0 Å². The lowest BCUT2D eigenvalue weighted by atomic mass is 9.98. The van der Waals surface area contributed by atoms with E-state index in [4.69, 9.17) is 15.2 Å². The average Bonchev–Trinajstić information content (AvgIpc) is 2.73. The van der Waals surface area contributed by atoms with Gasteiger partial charge in [-0.2, -0.15) is 0 Å². The molecule has 6 heteroatoms. The monoisotopic (exact) mass is 417 g/mol. The molecule has 6 nitrogen and oxygen atoms in total. The van der Waals surface area contributed by atoms with Gasteiger partial charge < -0.3 is 30.5 Å². The highest BCUT2D eigenvalue weighted by Gasteiger charge is 2.42. The summed E-state index contributed by atoms with van der Waals surface area (Å²) in [5.41, 5.74) is 5.85. The predicted octanol–water partition coefficient (Wildman–Crippen LogP) is 3.64. The Bertz CT molecular complexity index is 369. The van der Waals surface area contributed by atoms with Crippen LogP contribution in [0.2, 0.25) is 0 Å². The summed E-state index contributed by atoms with van der Waals surface area (Å²) in [6.07, 6.45) is 15.8. The predicted molar refractivity (Wildman–Crippen MR) is 117 cm³/mol. The second-order valence-electron chi connectivity index (χ2n) is 8.60. The Morgan fingerprint density at radius 2 is 1.17 bits per heavy atom. The zero-order valence-electron chi connectivity index (χ0n) is 18.6. The molecule has 1 fully saturated rings. The van der Waals surface area contributed by atoms with E-state index in [1.165, 1.54) is 83.5 Å². The molecule has 1 aliphatic rings. The third kappa shape index (κ3) is 11.7. The summed E-state index contributed by atoms with van der Waals surface area (Å²) in [5.74, 6) is 0. The van der Waals surface area contributed by atoms with Crippen molar-refractivity contribution in [1.82, 2.24) is 0 Å². The Hall–Kier alpha value is -0.240. The molecule has 0 bridgehead atoms. The number of rotatable bonds is 18. The van der Waals surface area contributed by atoms with Crippen molar-refractivity contribution in [3.8, 4) is 0 Å². The van der Waals surface area contributed by atoms with Crippen LogP contribution in [0.1, 0.15) is 103 Å². The Morgan fingerprint density at radius 1 is 0.724 bits per heavy atom. The lowest BCUT2D eigenvalue weighted by Gasteiger charge is -2.40. The van der Waals surface area contributed by atoms with Gasteiger partial charge in [0.25, 0.3) is 0 Å². The Kier molecular flexibility index (Phi) is 16.1. The van der Waals surface area contributed by atoms with Crippen LogP contribution in [-0.2, 0) is 9.47 Å². The van der Waals surface area contributed by atoms with Gasteiger partial charge in [-0.1, -0.05) is 96.8 Å². The maximum atomic E-state index is 9.91. The van der Waals surface area contributed by atoms with Crippen LogP contribution >= 0.6 is 0 Å². The maximum absolute atomic E-state index is 9.91. The Morgan fingerprint density at radius 3 is 1.62 bits per heavy atom. The molecule has 0 aliphatic carbocycles. The van der Waals surface area contributed by atoms with Crippen LogP contribution in [0.15, 0.2) is 0 Å². The van der Waals surface area contributed by atoms with Crippen LogP contribution in [-0.4, -0.2) is 59.2 Å². The second kappa shape index (κ2) is 17.4. The van der Waals surface area contributed by atoms with Crippen molar-refractivity contribution in [3.05, 3.63) is 0 Å². The lowest BCUT2D eigenvalue weighted by molar-refractivity contribution is -0.265. The van der Waals surface area contributed by atoms with Crippen LogP contribution in [0.4, 0.5) is 0 Å². The third-order valence-electron chi connectivity index (χ3n) is 5.96. The summed E-state index contributed by atoms with van der Waals surface area (Å²) >= 11 is 0. The first kappa shape index (κ1) is 26.8. The first-order valence-electron chi connectivity index (χ1n) is 12.1. The number of nitrogens with two attached hydrogens (primary N) is 1. The number of hydrogen-bond donors (Lipinski definition) is 4. The summed E-state index contributed by atoms with van der Waals surface area (Å²) in [4.78, 5) is 0. The lowest BCUT2D eigenvalue weighted by Crippen LogP contribution is -2.62. The first-order valence-corrected chi connectivity index (χ1v) is 12.1. The zero-order chi connectivity index (χ0) is 21.3. The van der Waals surface area contributed by atoms with Gasteiger partial charge in [0.15, 0.2) is 6.29 Å². The Balaban J connectivity index is 1.88. The van der Waals surface area contributed by atoms with Crippen molar-refractivity contribution in [3.63, 3.8) is 0 Å². The maximum Gasteiger partial charge on any atom is 0.175 e. The van der Waals surface area contributed by atoms with Crippen molar-refractivity contribution >= 4 is 0 Å². The molecule has 1 rings (SSSR count). The zero-order valence-corrected chi connectivity index (χ0v) is 18.6. The average molecular weight is 418 g/mol. The summed E-state index contributed by atoms with van der Waals surface area (Å²) < 4.78 is 11.1. The fourth-order valence-corrected chi connectivity index (χ4v) is 3.93. The molecule has 0 amide bonds. The highest BCUT2D eigenvalue weighted by molar-refractivity contribution is 4.91. The molecule has 0 aromatic carbocycles. The molecule has 0 spiro atoms. The van der Waals surface area contributed by atoms with Crippen LogP contribution < -0.4 is 5.73 Å². The molecular formula is C23H47NO5. The van der Waals surface area contributed by atoms with E-state index >= 15 is 0 Å². The van der Waals surface area contributed by atoms with Gasteiger partial charge in [0.05, 0.1) is 12.6 Å². The largest absolute Gasteiger partial charge is 0.394 e. The third-order valence-corrected chi connectivity index (χ3v) is 5.96. The van der Waals surface area contributed by atoms with E-state index in [1.807, 2.05) is 0 Å². The summed E-state index contributed by atoms with van der Waals surface area (Å²) in [6, 6.07) is -0.802. The number of ether oxygens (including phenoxy) is 2. The quantitative estimate of drug-likeness (QED) is 0.254. The first-order chi connectivity index (χ1) is 14.1. The van der Waals surface area contributed by atoms with Gasteiger partial charge in [-0.3, -0.25) is 0 Å². The molecule has 1 aliphatic heterocycles. The minimum absolute atomic E-state index is 0.371. The molecular weight excluding hydrogens is 370 g/mol. The number of aliphatic hydroxyl groups excluding tert-OH is 3. The van der Waals surface area contributed by atoms with Gasteiger partial charge in [0.1, 0.15) is 18.3 Å². The van der Waals surface area contributed by atoms with Crippen molar-refractivity contribution in [2.24, 2.45) is 5.73 Å². The highest BCUT2D eigenvalue weighted by Crippen LogP contribution is 2.21. The molecule has 0 saturated carbocycles. The fourth-order valence-electron chi connectivity index (χ4n) is 3.93. The van der Waals surface area contributed by atoms with E-state index in [2.05, 4.69) is 6.92 Å². The van der Waals surface area contributed by atoms with Gasteiger partial charge in [-0.15, -0.1) is 0 Å². The van der Waals surface area contributed by atoms with Gasteiger partial charge in [-0.25, -0.2) is 0 Å². The van der Waals surface area contributed by atoms with Crippen LogP contribution in [0.25, 0.3) is 0 Å². The standard InChI is InChI=1S/C23H47NO5/c1-2-3-4-5-6-7-8-9-10-11-12-13-14-15-16-17-28-23-20(24)22(27)21(26)19(18-25)29-23/h19-23,25-27H,2-18,24H2,1H3/t19?,20?,21-,22?,23+/m0/s1. The molecule has 1 heterocycles. The van der Waals surface area contributed by atoms with Crippen molar-refractivity contribution in [2.75, 3.05) is 13.2 Å². The van der Waals surface area contributed by atoms with E-state index in [1.54, 1.807) is 0 Å². The van der Waals surface area contributed by atoms with Crippen LogP contribution in [0.3, 0.4) is 0 Å². The van der Waals surface area contributed by atoms with Crippen LogP contribution in [0.5, 0.6) is 0 Å². The molecule has 3 unspecified atom stereocenters. The minimum Gasteiger partial charge on any atom is -0.394 e. The summed E-state index contributed by atoms with van der Waals surface area (Å²) in [6.45, 7) is 2.41. The molecule has 1 saturated heterocycles. The van der Waals surface area contributed by atoms with E-state index in [9.17, 15) is 15.3 Å². The van der Waals surface area contributed by atoms with E-state index < -0.39 is 30.6 Å². The topological polar surface area (TPSA) is 105 Å². The molecule has 0 radical (unpaired) electrons. The van der Waals surface area contributed by atoms with Crippen molar-refractivity contribution < 1.29 is 24.8 Å². The van der Waals surface area contributed by atoms with Gasteiger partial charge in [0, 0.05) is 6.61 Å². The second-order valence-corrected chi connectivity index (χ2v) is 8.60. The Labute approximate surface area is 178 Å². The highest BCUT2D eigenvalue weighted by atomic mass is 16.7. The normalized spacial score (nSPS) is 27.4. The molecule has 174 valence electrons. The molecule has 0 aromatic heterocycles. The fraction of sp³-hybridized carbons (Fsp3) is 1.00. The minimum atomic E-state index is -1.18. The van der Waals surface area contributed by atoms with E-state index in [0.717, 1.165) is 12.8 Å². The molecule has 0 aromatic rings. The summed E-state index contributed by atoms with van der Waals surface area (Å²) in [7, 11) is 0. The van der Waals surface area contributed by atoms with Gasteiger partial charge in [-0.05, 0) is 6.42 Å².